The summed E-state index contributed by atoms with van der Waals surface area (Å²) in [4.78, 5) is 17.5. The largest absolute Gasteiger partial charge is 0.360 e. The van der Waals surface area contributed by atoms with Gasteiger partial charge in [-0.1, -0.05) is 0 Å². The molecule has 0 spiro atoms. The average molecular weight is 295 g/mol. The third-order valence-electron chi connectivity index (χ3n) is 3.51. The Balaban J connectivity index is 1.95. The minimum atomic E-state index is -0.0303. The Hall–Kier alpha value is -2.83. The van der Waals surface area contributed by atoms with Gasteiger partial charge in [0.25, 0.3) is 0 Å². The van der Waals surface area contributed by atoms with Crippen LogP contribution in [0, 0.1) is 13.8 Å². The maximum atomic E-state index is 4.63. The number of pyridine rings is 1. The van der Waals surface area contributed by atoms with Crippen molar-refractivity contribution in [1.29, 1.82) is 0 Å². The molecule has 0 aliphatic rings. The van der Waals surface area contributed by atoms with Crippen LogP contribution in [0.5, 0.6) is 0 Å². The molecule has 22 heavy (non-hydrogen) atoms. The topological polar surface area (TPSA) is 92.3 Å². The number of hydrogen-bond donors (Lipinski definition) is 2. The van der Waals surface area contributed by atoms with Crippen LogP contribution in [0.25, 0.3) is 11.4 Å². The summed E-state index contributed by atoms with van der Waals surface area (Å²) >= 11 is 0. The molecule has 3 aromatic heterocycles. The Kier molecular flexibility index (Phi) is 3.78. The second-order valence-electron chi connectivity index (χ2n) is 5.08. The summed E-state index contributed by atoms with van der Waals surface area (Å²) in [6.07, 6.45) is 4.98. The minimum Gasteiger partial charge on any atom is -0.360 e. The van der Waals surface area contributed by atoms with Crippen LogP contribution in [0.3, 0.4) is 0 Å². The molecule has 1 atom stereocenters. The zero-order valence-electron chi connectivity index (χ0n) is 12.7. The van der Waals surface area contributed by atoms with Crippen LogP contribution < -0.4 is 5.32 Å². The predicted molar refractivity (Wildman–Crippen MR) is 83.2 cm³/mol. The highest BCUT2D eigenvalue weighted by atomic mass is 15.2. The van der Waals surface area contributed by atoms with E-state index >= 15 is 0 Å². The van der Waals surface area contributed by atoms with Crippen LogP contribution in [-0.4, -0.2) is 30.1 Å². The van der Waals surface area contributed by atoms with E-state index in [9.17, 15) is 0 Å². The molecule has 1 unspecified atom stereocenters. The van der Waals surface area contributed by atoms with Crippen molar-refractivity contribution >= 4 is 5.82 Å². The quantitative estimate of drug-likeness (QED) is 0.768. The van der Waals surface area contributed by atoms with Gasteiger partial charge in [-0.15, -0.1) is 0 Å². The zero-order valence-corrected chi connectivity index (χ0v) is 12.7. The number of anilines is 1. The van der Waals surface area contributed by atoms with Crippen molar-refractivity contribution in [2.45, 2.75) is 26.8 Å². The number of aromatic amines is 1. The molecule has 7 nitrogen and oxygen atoms in total. The van der Waals surface area contributed by atoms with E-state index < -0.39 is 0 Å². The van der Waals surface area contributed by atoms with Crippen molar-refractivity contribution in [2.75, 3.05) is 5.32 Å². The number of rotatable bonds is 4. The lowest BCUT2D eigenvalue weighted by atomic mass is 10.2. The summed E-state index contributed by atoms with van der Waals surface area (Å²) in [5, 5.41) is 10.1. The molecule has 0 saturated heterocycles. The highest BCUT2D eigenvalue weighted by Crippen LogP contribution is 2.23. The molecular weight excluding hydrogens is 278 g/mol. The van der Waals surface area contributed by atoms with Gasteiger partial charge < -0.3 is 5.32 Å². The standard InChI is InChI=1S/C15H17N7/c1-9-10(2)19-15(12-5-4-6-16-7-12)21-13(9)20-11(3)14-17-8-18-22-14/h4-8,11H,1-3H3,(H,17,18,22)(H,19,20,21). The zero-order chi connectivity index (χ0) is 15.5. The lowest BCUT2D eigenvalue weighted by Crippen LogP contribution is -2.12. The maximum absolute atomic E-state index is 4.63. The predicted octanol–water partition coefficient (Wildman–Crippen LogP) is 2.45. The second-order valence-corrected chi connectivity index (χ2v) is 5.08. The molecule has 0 aromatic carbocycles. The Labute approximate surface area is 128 Å². The highest BCUT2D eigenvalue weighted by molar-refractivity contribution is 5.58. The average Bonchev–Trinajstić information content (AvgIpc) is 3.07. The summed E-state index contributed by atoms with van der Waals surface area (Å²) < 4.78 is 0. The van der Waals surface area contributed by atoms with Crippen molar-refractivity contribution < 1.29 is 0 Å². The van der Waals surface area contributed by atoms with Crippen LogP contribution in [-0.2, 0) is 0 Å². The first-order valence-corrected chi connectivity index (χ1v) is 7.02. The fourth-order valence-corrected chi connectivity index (χ4v) is 2.09. The molecule has 0 amide bonds. The third-order valence-corrected chi connectivity index (χ3v) is 3.51. The van der Waals surface area contributed by atoms with Gasteiger partial charge in [-0.3, -0.25) is 10.1 Å². The van der Waals surface area contributed by atoms with E-state index in [0.29, 0.717) is 5.82 Å². The molecular formula is C15H17N7. The summed E-state index contributed by atoms with van der Waals surface area (Å²) in [6, 6.07) is 3.79. The summed E-state index contributed by atoms with van der Waals surface area (Å²) in [5.41, 5.74) is 2.83. The number of aromatic nitrogens is 6. The first kappa shape index (κ1) is 14.1. The number of nitrogens with one attached hydrogen (secondary N) is 2. The summed E-state index contributed by atoms with van der Waals surface area (Å²) in [5.74, 6) is 2.21. The monoisotopic (exact) mass is 295 g/mol. The first-order valence-electron chi connectivity index (χ1n) is 7.02. The van der Waals surface area contributed by atoms with Gasteiger partial charge in [0.2, 0.25) is 0 Å². The van der Waals surface area contributed by atoms with Crippen molar-refractivity contribution in [3.63, 3.8) is 0 Å². The molecule has 2 N–H and O–H groups in total. The fraction of sp³-hybridized carbons (Fsp3) is 0.267. The maximum Gasteiger partial charge on any atom is 0.163 e. The number of nitrogens with zero attached hydrogens (tertiary/aromatic N) is 5. The molecule has 3 heterocycles. The Morgan fingerprint density at radius 1 is 1.23 bits per heavy atom. The molecule has 0 fully saturated rings. The molecule has 0 bridgehead atoms. The van der Waals surface area contributed by atoms with Crippen LogP contribution >= 0.6 is 0 Å². The lowest BCUT2D eigenvalue weighted by molar-refractivity contribution is 0.787. The van der Waals surface area contributed by atoms with E-state index in [1.807, 2.05) is 32.9 Å². The molecule has 0 saturated carbocycles. The van der Waals surface area contributed by atoms with Crippen LogP contribution in [0.15, 0.2) is 30.9 Å². The molecule has 3 rings (SSSR count). The summed E-state index contributed by atoms with van der Waals surface area (Å²) in [6.45, 7) is 5.97. The minimum absolute atomic E-state index is 0.0303. The van der Waals surface area contributed by atoms with Gasteiger partial charge in [-0.2, -0.15) is 5.10 Å². The van der Waals surface area contributed by atoms with Gasteiger partial charge in [-0.25, -0.2) is 15.0 Å². The normalized spacial score (nSPS) is 12.1. The number of aryl methyl sites for hydroxylation is 1. The van der Waals surface area contributed by atoms with Crippen LogP contribution in [0.2, 0.25) is 0 Å². The number of H-pyrrole nitrogens is 1. The van der Waals surface area contributed by atoms with Gasteiger partial charge >= 0.3 is 0 Å². The van der Waals surface area contributed by atoms with Crippen LogP contribution in [0.1, 0.15) is 30.0 Å². The molecule has 0 aliphatic carbocycles. The molecule has 7 heteroatoms. The Morgan fingerprint density at radius 3 is 2.77 bits per heavy atom. The smallest absolute Gasteiger partial charge is 0.163 e. The van der Waals surface area contributed by atoms with Gasteiger partial charge in [0.05, 0.1) is 6.04 Å². The lowest BCUT2D eigenvalue weighted by Gasteiger charge is -2.16. The van der Waals surface area contributed by atoms with Gasteiger partial charge in [0.15, 0.2) is 5.82 Å². The van der Waals surface area contributed by atoms with Crippen molar-refractivity contribution in [2.24, 2.45) is 0 Å². The number of hydrogen-bond acceptors (Lipinski definition) is 6. The summed E-state index contributed by atoms with van der Waals surface area (Å²) in [7, 11) is 0. The van der Waals surface area contributed by atoms with E-state index in [2.05, 4.69) is 35.5 Å². The molecule has 3 aromatic rings. The van der Waals surface area contributed by atoms with E-state index in [1.165, 1.54) is 6.33 Å². The van der Waals surface area contributed by atoms with Crippen molar-refractivity contribution in [1.82, 2.24) is 30.1 Å². The van der Waals surface area contributed by atoms with Crippen molar-refractivity contribution in [3.8, 4) is 11.4 Å². The second kappa shape index (κ2) is 5.88. The fourth-order valence-electron chi connectivity index (χ4n) is 2.09. The Bertz CT molecular complexity index is 753. The Morgan fingerprint density at radius 2 is 2.09 bits per heavy atom. The SMILES string of the molecule is Cc1nc(-c2cccnc2)nc(NC(C)c2ncn[nH]2)c1C. The van der Waals surface area contributed by atoms with E-state index in [4.69, 9.17) is 0 Å². The van der Waals surface area contributed by atoms with E-state index in [-0.39, 0.29) is 6.04 Å². The molecule has 0 radical (unpaired) electrons. The van der Waals surface area contributed by atoms with E-state index in [1.54, 1.807) is 12.4 Å². The van der Waals surface area contributed by atoms with Gasteiger partial charge in [0, 0.05) is 29.2 Å². The molecule has 112 valence electrons. The van der Waals surface area contributed by atoms with Crippen molar-refractivity contribution in [3.05, 3.63) is 47.9 Å². The highest BCUT2D eigenvalue weighted by Gasteiger charge is 2.14. The third kappa shape index (κ3) is 2.78. The van der Waals surface area contributed by atoms with Gasteiger partial charge in [-0.05, 0) is 32.9 Å². The van der Waals surface area contributed by atoms with Crippen LogP contribution in [0.4, 0.5) is 5.82 Å². The first-order chi connectivity index (χ1) is 10.6. The van der Waals surface area contributed by atoms with Gasteiger partial charge in [0.1, 0.15) is 18.0 Å². The van der Waals surface area contributed by atoms with E-state index in [0.717, 1.165) is 28.5 Å². The molecule has 0 aliphatic heterocycles.